The molecule has 102 valence electrons. The highest BCUT2D eigenvalue weighted by Crippen LogP contribution is 2.34. The number of ether oxygens (including phenoxy) is 1. The first-order chi connectivity index (χ1) is 9.58. The molecule has 0 saturated heterocycles. The summed E-state index contributed by atoms with van der Waals surface area (Å²) in [6.45, 7) is 1.89. The quantitative estimate of drug-likeness (QED) is 0.900. The highest BCUT2D eigenvalue weighted by molar-refractivity contribution is 9.10. The molecule has 0 spiro atoms. The Bertz CT molecular complexity index is 694. The Balaban J connectivity index is 2.51. The second kappa shape index (κ2) is 5.80. The third kappa shape index (κ3) is 2.53. The van der Waals surface area contributed by atoms with Crippen molar-refractivity contribution < 1.29 is 4.74 Å². The van der Waals surface area contributed by atoms with Gasteiger partial charge in [0.1, 0.15) is 23.3 Å². The fourth-order valence-corrected chi connectivity index (χ4v) is 2.15. The SMILES string of the molecule is COc1cccc(C#N)c1Nc1ncc(N)c(C)c1Br. The normalized spacial score (nSPS) is 9.90. The average molecular weight is 333 g/mol. The van der Waals surface area contributed by atoms with Gasteiger partial charge >= 0.3 is 0 Å². The Labute approximate surface area is 125 Å². The first-order valence-corrected chi connectivity index (χ1v) is 6.62. The molecule has 5 nitrogen and oxygen atoms in total. The molecule has 2 rings (SSSR count). The second-order valence-electron chi connectivity index (χ2n) is 4.12. The largest absolute Gasteiger partial charge is 0.495 e. The summed E-state index contributed by atoms with van der Waals surface area (Å²) in [4.78, 5) is 4.24. The molecule has 0 aliphatic heterocycles. The van der Waals surface area contributed by atoms with Crippen molar-refractivity contribution in [2.24, 2.45) is 0 Å². The van der Waals surface area contributed by atoms with Crippen molar-refractivity contribution in [1.29, 1.82) is 5.26 Å². The third-order valence-corrected chi connectivity index (χ3v) is 3.88. The van der Waals surface area contributed by atoms with Crippen LogP contribution in [0.4, 0.5) is 17.2 Å². The van der Waals surface area contributed by atoms with Crippen LogP contribution in [0, 0.1) is 18.3 Å². The number of nitrogens with two attached hydrogens (primary N) is 1. The Morgan fingerprint density at radius 3 is 2.85 bits per heavy atom. The van der Waals surface area contributed by atoms with Crippen LogP contribution >= 0.6 is 15.9 Å². The van der Waals surface area contributed by atoms with Crippen molar-refractivity contribution in [3.8, 4) is 11.8 Å². The van der Waals surface area contributed by atoms with E-state index in [-0.39, 0.29) is 0 Å². The second-order valence-corrected chi connectivity index (χ2v) is 4.91. The van der Waals surface area contributed by atoms with Gasteiger partial charge in [0.05, 0.1) is 29.0 Å². The summed E-state index contributed by atoms with van der Waals surface area (Å²) in [5.74, 6) is 1.16. The van der Waals surface area contributed by atoms with Crippen LogP contribution in [-0.2, 0) is 0 Å². The number of benzene rings is 1. The molecule has 2 aromatic rings. The van der Waals surface area contributed by atoms with E-state index in [1.165, 1.54) is 0 Å². The van der Waals surface area contributed by atoms with Gasteiger partial charge in [-0.3, -0.25) is 0 Å². The maximum atomic E-state index is 9.19. The van der Waals surface area contributed by atoms with E-state index in [9.17, 15) is 5.26 Å². The Morgan fingerprint density at radius 2 is 2.20 bits per heavy atom. The van der Waals surface area contributed by atoms with Crippen molar-refractivity contribution in [3.05, 3.63) is 40.0 Å². The summed E-state index contributed by atoms with van der Waals surface area (Å²) >= 11 is 3.45. The van der Waals surface area contributed by atoms with Gasteiger partial charge in [-0.05, 0) is 40.5 Å². The molecular formula is C14H13BrN4O. The topological polar surface area (TPSA) is 84.0 Å². The van der Waals surface area contributed by atoms with Gasteiger partial charge in [0, 0.05) is 0 Å². The Morgan fingerprint density at radius 1 is 1.45 bits per heavy atom. The summed E-state index contributed by atoms with van der Waals surface area (Å²) in [5.41, 5.74) is 8.34. The van der Waals surface area contributed by atoms with E-state index in [1.807, 2.05) is 6.92 Å². The van der Waals surface area contributed by atoms with Crippen molar-refractivity contribution in [2.45, 2.75) is 6.92 Å². The number of nitriles is 1. The molecule has 3 N–H and O–H groups in total. The van der Waals surface area contributed by atoms with E-state index in [0.29, 0.717) is 28.5 Å². The lowest BCUT2D eigenvalue weighted by Crippen LogP contribution is -2.02. The zero-order valence-electron chi connectivity index (χ0n) is 11.1. The molecule has 0 aliphatic carbocycles. The molecule has 1 aromatic carbocycles. The van der Waals surface area contributed by atoms with Gasteiger partial charge in [0.2, 0.25) is 0 Å². The van der Waals surface area contributed by atoms with Crippen molar-refractivity contribution in [3.63, 3.8) is 0 Å². The molecule has 0 bridgehead atoms. The van der Waals surface area contributed by atoms with E-state index in [0.717, 1.165) is 10.0 Å². The standard InChI is InChI=1S/C14H13BrN4O/c1-8-10(17)7-18-14(12(8)15)19-13-9(6-16)4-3-5-11(13)20-2/h3-5,7H,17H2,1-2H3,(H,18,19). The Hall–Kier alpha value is -2.26. The van der Waals surface area contributed by atoms with Crippen LogP contribution in [0.1, 0.15) is 11.1 Å². The van der Waals surface area contributed by atoms with Crippen LogP contribution in [0.25, 0.3) is 0 Å². The number of nitrogen functional groups attached to an aromatic ring is 1. The minimum atomic E-state index is 0.479. The molecule has 0 aliphatic rings. The molecule has 0 fully saturated rings. The van der Waals surface area contributed by atoms with Gasteiger partial charge in [0.15, 0.2) is 0 Å². The lowest BCUT2D eigenvalue weighted by Gasteiger charge is -2.14. The number of anilines is 3. The number of methoxy groups -OCH3 is 1. The Kier molecular flexibility index (Phi) is 4.11. The van der Waals surface area contributed by atoms with Crippen molar-refractivity contribution >= 4 is 33.1 Å². The maximum absolute atomic E-state index is 9.19. The fourth-order valence-electron chi connectivity index (χ4n) is 1.72. The number of nitrogens with zero attached hydrogens (tertiary/aromatic N) is 2. The van der Waals surface area contributed by atoms with Crippen LogP contribution < -0.4 is 15.8 Å². The lowest BCUT2D eigenvalue weighted by molar-refractivity contribution is 0.416. The first-order valence-electron chi connectivity index (χ1n) is 5.83. The smallest absolute Gasteiger partial charge is 0.145 e. The van der Waals surface area contributed by atoms with Crippen LogP contribution in [0.2, 0.25) is 0 Å². The fraction of sp³-hybridized carbons (Fsp3) is 0.143. The van der Waals surface area contributed by atoms with E-state index >= 15 is 0 Å². The number of hydrogen-bond donors (Lipinski definition) is 2. The number of pyridine rings is 1. The predicted octanol–water partition coefficient (Wildman–Crippen LogP) is 3.36. The van der Waals surface area contributed by atoms with Gasteiger partial charge < -0.3 is 15.8 Å². The maximum Gasteiger partial charge on any atom is 0.145 e. The van der Waals surface area contributed by atoms with Crippen molar-refractivity contribution in [1.82, 2.24) is 4.98 Å². The number of aromatic nitrogens is 1. The number of nitrogens with one attached hydrogen (secondary N) is 1. The van der Waals surface area contributed by atoms with Gasteiger partial charge in [-0.15, -0.1) is 0 Å². The number of halogens is 1. The number of hydrogen-bond acceptors (Lipinski definition) is 5. The van der Waals surface area contributed by atoms with Gasteiger partial charge in [0.25, 0.3) is 0 Å². The zero-order chi connectivity index (χ0) is 14.7. The first kappa shape index (κ1) is 14.2. The minimum Gasteiger partial charge on any atom is -0.495 e. The molecule has 0 radical (unpaired) electrons. The highest BCUT2D eigenvalue weighted by Gasteiger charge is 2.13. The van der Waals surface area contributed by atoms with Crippen LogP contribution in [-0.4, -0.2) is 12.1 Å². The molecule has 0 atom stereocenters. The summed E-state index contributed by atoms with van der Waals surface area (Å²) in [5, 5.41) is 12.3. The lowest BCUT2D eigenvalue weighted by atomic mass is 10.1. The van der Waals surface area contributed by atoms with Gasteiger partial charge in [-0.1, -0.05) is 6.07 Å². The van der Waals surface area contributed by atoms with E-state index in [1.54, 1.807) is 31.5 Å². The van der Waals surface area contributed by atoms with Crippen molar-refractivity contribution in [2.75, 3.05) is 18.2 Å². The molecule has 6 heteroatoms. The van der Waals surface area contributed by atoms with E-state index < -0.39 is 0 Å². The molecular weight excluding hydrogens is 320 g/mol. The average Bonchev–Trinajstić information content (AvgIpc) is 2.47. The molecule has 1 heterocycles. The summed E-state index contributed by atoms with van der Waals surface area (Å²) in [6.07, 6.45) is 1.57. The van der Waals surface area contributed by atoms with E-state index in [4.69, 9.17) is 10.5 Å². The molecule has 0 unspecified atom stereocenters. The number of rotatable bonds is 3. The van der Waals surface area contributed by atoms with Crippen LogP contribution in [0.3, 0.4) is 0 Å². The summed E-state index contributed by atoms with van der Waals surface area (Å²) in [7, 11) is 1.55. The molecule has 0 amide bonds. The summed E-state index contributed by atoms with van der Waals surface area (Å²) < 4.78 is 6.03. The van der Waals surface area contributed by atoms with Gasteiger partial charge in [-0.2, -0.15) is 5.26 Å². The van der Waals surface area contributed by atoms with Crippen LogP contribution in [0.15, 0.2) is 28.9 Å². The minimum absolute atomic E-state index is 0.479. The zero-order valence-corrected chi connectivity index (χ0v) is 12.7. The highest BCUT2D eigenvalue weighted by atomic mass is 79.9. The van der Waals surface area contributed by atoms with E-state index in [2.05, 4.69) is 32.3 Å². The monoisotopic (exact) mass is 332 g/mol. The third-order valence-electron chi connectivity index (χ3n) is 2.91. The molecule has 20 heavy (non-hydrogen) atoms. The number of para-hydroxylation sites is 1. The predicted molar refractivity (Wildman–Crippen MR) is 82.1 cm³/mol. The molecule has 1 aromatic heterocycles. The van der Waals surface area contributed by atoms with Crippen LogP contribution in [0.5, 0.6) is 5.75 Å². The molecule has 0 saturated carbocycles. The summed E-state index contributed by atoms with van der Waals surface area (Å²) in [6, 6.07) is 7.38. The van der Waals surface area contributed by atoms with Gasteiger partial charge in [-0.25, -0.2) is 4.98 Å².